The standard InChI is InChI=1S/C6H6O2.Y/c1-3-5(2)4-6(7)8;/h1-3H,4H2,(H,7,8);/q-2;. The zero-order valence-electron chi connectivity index (χ0n) is 4.87. The summed E-state index contributed by atoms with van der Waals surface area (Å²) < 4.78 is 0. The molecule has 1 N–H and O–H groups in total. The Kier molecular flexibility index (Phi) is 8.10. The zero-order chi connectivity index (χ0) is 6.57. The summed E-state index contributed by atoms with van der Waals surface area (Å²) in [6, 6.07) is 0. The van der Waals surface area contributed by atoms with Gasteiger partial charge in [0.15, 0.2) is 0 Å². The van der Waals surface area contributed by atoms with E-state index < -0.39 is 5.97 Å². The number of carboxylic acids is 1. The molecular formula is C6H6O2Y-2. The van der Waals surface area contributed by atoms with Gasteiger partial charge in [-0.3, -0.25) is 4.79 Å². The topological polar surface area (TPSA) is 37.3 Å². The number of carboxylic acid groups (broad SMARTS) is 1. The third kappa shape index (κ3) is 8.05. The maximum atomic E-state index is 9.79. The van der Waals surface area contributed by atoms with Gasteiger partial charge < -0.3 is 29.9 Å². The smallest absolute Gasteiger partial charge is 0.287 e. The van der Waals surface area contributed by atoms with Crippen LogP contribution in [-0.2, 0) is 37.5 Å². The van der Waals surface area contributed by atoms with Gasteiger partial charge in [0.25, 0.3) is 5.97 Å². The molecule has 0 aliphatic rings. The molecule has 0 saturated carbocycles. The summed E-state index contributed by atoms with van der Waals surface area (Å²) in [6.45, 7) is 9.90. The van der Waals surface area contributed by atoms with E-state index in [-0.39, 0.29) is 44.7 Å². The molecule has 47 valence electrons. The Balaban J connectivity index is 0. The van der Waals surface area contributed by atoms with Crippen LogP contribution in [0.25, 0.3) is 0 Å². The van der Waals surface area contributed by atoms with E-state index in [0.29, 0.717) is 0 Å². The molecule has 3 heteroatoms. The van der Waals surface area contributed by atoms with E-state index in [1.54, 1.807) is 0 Å². The van der Waals surface area contributed by atoms with Gasteiger partial charge >= 0.3 is 0 Å². The van der Waals surface area contributed by atoms with Crippen LogP contribution < -0.4 is 0 Å². The Morgan fingerprint density at radius 1 is 1.67 bits per heavy atom. The molecule has 0 aliphatic heterocycles. The van der Waals surface area contributed by atoms with Gasteiger partial charge in [-0.2, -0.15) is 0 Å². The zero-order valence-corrected chi connectivity index (χ0v) is 7.71. The molecule has 0 bridgehead atoms. The predicted molar refractivity (Wildman–Crippen MR) is 28.9 cm³/mol. The molecule has 0 aliphatic carbocycles. The first-order valence-corrected chi connectivity index (χ1v) is 2.05. The van der Waals surface area contributed by atoms with Crippen LogP contribution in [0.3, 0.4) is 0 Å². The van der Waals surface area contributed by atoms with Crippen molar-refractivity contribution in [3.05, 3.63) is 24.8 Å². The first-order valence-electron chi connectivity index (χ1n) is 2.05. The molecular weight excluding hydrogens is 193 g/mol. The quantitative estimate of drug-likeness (QED) is 0.539. The van der Waals surface area contributed by atoms with Crippen LogP contribution in [0.5, 0.6) is 0 Å². The first-order chi connectivity index (χ1) is 3.66. The molecule has 0 spiro atoms. The Morgan fingerprint density at radius 2 is 2.11 bits per heavy atom. The Labute approximate surface area is 79.5 Å². The summed E-state index contributed by atoms with van der Waals surface area (Å²) in [7, 11) is 0. The van der Waals surface area contributed by atoms with E-state index in [9.17, 15) is 4.79 Å². The number of hydrogen-bond acceptors (Lipinski definition) is 1. The minimum absolute atomic E-state index is 0. The Bertz CT molecular complexity index is 129. The second-order valence-corrected chi connectivity index (χ2v) is 1.31. The third-order valence-corrected chi connectivity index (χ3v) is 0.569. The van der Waals surface area contributed by atoms with Crippen LogP contribution in [0, 0.1) is 13.2 Å². The van der Waals surface area contributed by atoms with Crippen LogP contribution in [0.4, 0.5) is 0 Å². The maximum absolute atomic E-state index is 9.79. The van der Waals surface area contributed by atoms with E-state index >= 15 is 0 Å². The van der Waals surface area contributed by atoms with E-state index in [0.717, 1.165) is 6.08 Å². The molecule has 0 aromatic rings. The fourth-order valence-electron chi connectivity index (χ4n) is 0.234. The molecule has 0 aromatic carbocycles. The first kappa shape index (κ1) is 11.8. The second kappa shape index (κ2) is 6.18. The van der Waals surface area contributed by atoms with Crippen molar-refractivity contribution in [1.29, 1.82) is 0 Å². The van der Waals surface area contributed by atoms with Crippen molar-refractivity contribution < 1.29 is 42.6 Å². The van der Waals surface area contributed by atoms with Gasteiger partial charge in [0.1, 0.15) is 0 Å². The van der Waals surface area contributed by atoms with Crippen molar-refractivity contribution in [2.75, 3.05) is 0 Å². The summed E-state index contributed by atoms with van der Waals surface area (Å²) in [6.07, 6.45) is 0.893. The predicted octanol–water partition coefficient (Wildman–Crippen LogP) is 0.807. The van der Waals surface area contributed by atoms with Crippen molar-refractivity contribution in [2.24, 2.45) is 0 Å². The largest absolute Gasteiger partial charge is 0.482 e. The van der Waals surface area contributed by atoms with Crippen LogP contribution in [0.15, 0.2) is 11.6 Å². The number of allylic oxidation sites excluding steroid dienone is 1. The Hall–Kier alpha value is 0.0539. The number of rotatable bonds is 3. The van der Waals surface area contributed by atoms with E-state index in [1.807, 2.05) is 0 Å². The number of hydrogen-bond donors (Lipinski definition) is 1. The summed E-state index contributed by atoms with van der Waals surface area (Å²) >= 11 is 0. The maximum Gasteiger partial charge on any atom is 0.287 e. The molecule has 0 aromatic heterocycles. The van der Waals surface area contributed by atoms with Gasteiger partial charge in [0.2, 0.25) is 0 Å². The van der Waals surface area contributed by atoms with E-state index in [1.165, 1.54) is 0 Å². The molecule has 0 rings (SSSR count). The molecule has 0 amide bonds. The number of aliphatic carboxylic acids is 1. The fraction of sp³-hybridized carbons (Fsp3) is 0.167. The van der Waals surface area contributed by atoms with Crippen molar-refractivity contribution in [3.63, 3.8) is 0 Å². The van der Waals surface area contributed by atoms with Crippen molar-refractivity contribution in [2.45, 2.75) is 6.42 Å². The molecule has 0 fully saturated rings. The van der Waals surface area contributed by atoms with E-state index in [4.69, 9.17) is 18.3 Å². The van der Waals surface area contributed by atoms with Crippen LogP contribution in [-0.4, -0.2) is 11.1 Å². The van der Waals surface area contributed by atoms with Crippen LogP contribution in [0.1, 0.15) is 6.42 Å². The van der Waals surface area contributed by atoms with Gasteiger partial charge in [0.05, 0.1) is 0 Å². The third-order valence-electron chi connectivity index (χ3n) is 0.569. The average molecular weight is 199 g/mol. The normalized spacial score (nSPS) is 7.11. The summed E-state index contributed by atoms with van der Waals surface area (Å²) in [5.41, 5.74) is 0.178. The van der Waals surface area contributed by atoms with Gasteiger partial charge in [-0.25, -0.2) is 0 Å². The SMILES string of the molecule is [CH-]=CC(=[CH-])CC(=O)O.[Y]. The van der Waals surface area contributed by atoms with Crippen LogP contribution >= 0.6 is 0 Å². The van der Waals surface area contributed by atoms with Gasteiger partial charge in [0, 0.05) is 32.7 Å². The monoisotopic (exact) mass is 199 g/mol. The van der Waals surface area contributed by atoms with Gasteiger partial charge in [-0.1, -0.05) is 0 Å². The fourth-order valence-corrected chi connectivity index (χ4v) is 0.234. The van der Waals surface area contributed by atoms with Crippen LogP contribution in [0.2, 0.25) is 0 Å². The minimum Gasteiger partial charge on any atom is -0.482 e. The molecule has 2 nitrogen and oxygen atoms in total. The van der Waals surface area contributed by atoms with Crippen molar-refractivity contribution >= 4 is 5.97 Å². The number of carbonyl (C=O) groups is 1. The molecule has 0 atom stereocenters. The summed E-state index contributed by atoms with van der Waals surface area (Å²) in [4.78, 5) is 9.79. The minimum atomic E-state index is -0.968. The van der Waals surface area contributed by atoms with Gasteiger partial charge in [-0.05, 0) is 6.42 Å². The molecule has 1 radical (unpaired) electrons. The average Bonchev–Trinajstić information content (AvgIpc) is 1.65. The molecule has 0 heterocycles. The van der Waals surface area contributed by atoms with E-state index in [2.05, 4.69) is 0 Å². The molecule has 0 saturated heterocycles. The summed E-state index contributed by atoms with van der Waals surface area (Å²) in [5, 5.41) is 8.04. The summed E-state index contributed by atoms with van der Waals surface area (Å²) in [5.74, 6) is -0.968. The second-order valence-electron chi connectivity index (χ2n) is 1.31. The van der Waals surface area contributed by atoms with Gasteiger partial charge in [-0.15, -0.1) is 0 Å². The van der Waals surface area contributed by atoms with Crippen molar-refractivity contribution in [1.82, 2.24) is 0 Å². The van der Waals surface area contributed by atoms with Crippen molar-refractivity contribution in [3.8, 4) is 0 Å². The molecule has 9 heavy (non-hydrogen) atoms. The Morgan fingerprint density at radius 3 is 2.22 bits per heavy atom. The molecule has 0 unspecified atom stereocenters.